The van der Waals surface area contributed by atoms with Crippen LogP contribution in [0.4, 0.5) is 0 Å². The molecule has 1 heterocycles. The number of hydrogen-bond donors (Lipinski definition) is 0. The maximum atomic E-state index is 10.7. The van der Waals surface area contributed by atoms with Gasteiger partial charge < -0.3 is 4.90 Å². The summed E-state index contributed by atoms with van der Waals surface area (Å²) in [6.07, 6.45) is 1.25. The first kappa shape index (κ1) is 12.6. The topological polar surface area (TPSA) is 20.3 Å². The maximum Gasteiger partial charge on any atom is 0.149 e. The second-order valence-corrected chi connectivity index (χ2v) is 4.24. The molecule has 1 rings (SSSR count). The van der Waals surface area contributed by atoms with Gasteiger partial charge in [0.2, 0.25) is 0 Å². The molecule has 3 heteroatoms. The van der Waals surface area contributed by atoms with Crippen molar-refractivity contribution in [2.45, 2.75) is 27.2 Å². The van der Waals surface area contributed by atoms with E-state index in [2.05, 4.69) is 20.4 Å². The molecule has 0 N–H and O–H groups in total. The van der Waals surface area contributed by atoms with E-state index in [4.69, 9.17) is 0 Å². The number of hydrogen-bond acceptors (Lipinski definition) is 3. The Kier molecular flexibility index (Phi) is 6.77. The average Bonchev–Trinajstić information content (AvgIpc) is 2.37. The number of rotatable bonds is 2. The Balaban J connectivity index is 0.000000424. The van der Waals surface area contributed by atoms with Crippen molar-refractivity contribution in [1.82, 2.24) is 4.90 Å². The lowest BCUT2D eigenvalue weighted by Crippen LogP contribution is -2.23. The number of carbonyl (C=O) groups is 1. The number of thioether (sulfide) groups is 1. The van der Waals surface area contributed by atoms with Crippen LogP contribution in [0.15, 0.2) is 11.6 Å². The van der Waals surface area contributed by atoms with Crippen molar-refractivity contribution in [2.75, 3.05) is 18.8 Å². The molecule has 0 aromatic heterocycles. The minimum absolute atomic E-state index is 0.212. The smallest absolute Gasteiger partial charge is 0.149 e. The van der Waals surface area contributed by atoms with Gasteiger partial charge in [0.05, 0.1) is 11.6 Å². The van der Waals surface area contributed by atoms with Gasteiger partial charge in [-0.3, -0.25) is 4.79 Å². The van der Waals surface area contributed by atoms with E-state index in [-0.39, 0.29) is 5.78 Å². The first-order chi connectivity index (χ1) is 6.11. The molecule has 13 heavy (non-hydrogen) atoms. The molecular weight excluding hydrogens is 182 g/mol. The summed E-state index contributed by atoms with van der Waals surface area (Å²) in [7, 11) is 0. The fourth-order valence-corrected chi connectivity index (χ4v) is 1.81. The highest BCUT2D eigenvalue weighted by atomic mass is 32.2. The van der Waals surface area contributed by atoms with Gasteiger partial charge in [-0.1, -0.05) is 26.8 Å². The van der Waals surface area contributed by atoms with Crippen LogP contribution in [0, 0.1) is 0 Å². The van der Waals surface area contributed by atoms with Gasteiger partial charge >= 0.3 is 0 Å². The van der Waals surface area contributed by atoms with Crippen molar-refractivity contribution in [3.8, 4) is 0 Å². The van der Waals surface area contributed by atoms with Crippen LogP contribution in [0.2, 0.25) is 0 Å². The lowest BCUT2D eigenvalue weighted by molar-refractivity contribution is -0.117. The van der Waals surface area contributed by atoms with Crippen LogP contribution in [-0.2, 0) is 4.79 Å². The molecule has 0 aromatic rings. The van der Waals surface area contributed by atoms with E-state index in [9.17, 15) is 4.79 Å². The zero-order chi connectivity index (χ0) is 10.3. The van der Waals surface area contributed by atoms with Crippen LogP contribution in [0.5, 0.6) is 0 Å². The van der Waals surface area contributed by atoms with E-state index >= 15 is 0 Å². The van der Waals surface area contributed by atoms with Crippen molar-refractivity contribution >= 4 is 17.5 Å². The third-order valence-corrected chi connectivity index (χ3v) is 2.37. The van der Waals surface area contributed by atoms with Gasteiger partial charge in [0.15, 0.2) is 0 Å². The minimum atomic E-state index is 0.212. The zero-order valence-corrected chi connectivity index (χ0v) is 9.62. The zero-order valence-electron chi connectivity index (χ0n) is 8.80. The first-order valence-electron chi connectivity index (χ1n) is 4.67. The van der Waals surface area contributed by atoms with Crippen LogP contribution >= 0.6 is 11.8 Å². The SMILES string of the molecule is C=C1SCCN1CC(C)=O.CCC. The van der Waals surface area contributed by atoms with Crippen molar-refractivity contribution < 1.29 is 4.79 Å². The molecule has 0 radical (unpaired) electrons. The van der Waals surface area contributed by atoms with Gasteiger partial charge in [-0.05, 0) is 6.92 Å². The molecule has 0 spiro atoms. The van der Waals surface area contributed by atoms with E-state index < -0.39 is 0 Å². The summed E-state index contributed by atoms with van der Waals surface area (Å²) in [6.45, 7) is 11.2. The summed E-state index contributed by atoms with van der Waals surface area (Å²) in [5.74, 6) is 1.29. The molecule has 0 bridgehead atoms. The molecule has 0 amide bonds. The molecule has 0 atom stereocenters. The Morgan fingerprint density at radius 1 is 1.62 bits per heavy atom. The number of nitrogens with zero attached hydrogens (tertiary/aromatic N) is 1. The van der Waals surface area contributed by atoms with Crippen molar-refractivity contribution in [1.29, 1.82) is 0 Å². The molecular formula is C10H19NOS. The Labute approximate surface area is 85.4 Å². The standard InChI is InChI=1S/C7H11NOS.C3H8/c1-6(9)5-8-3-4-10-7(8)2;1-3-2/h2-5H2,1H3;3H2,1-2H3. The monoisotopic (exact) mass is 201 g/mol. The second kappa shape index (κ2) is 7.01. The predicted molar refractivity (Wildman–Crippen MR) is 59.8 cm³/mol. The normalized spacial score (nSPS) is 15.3. The first-order valence-corrected chi connectivity index (χ1v) is 5.66. The second-order valence-electron chi connectivity index (χ2n) is 3.07. The van der Waals surface area contributed by atoms with E-state index in [0.29, 0.717) is 6.54 Å². The molecule has 0 unspecified atom stereocenters. The number of carbonyl (C=O) groups excluding carboxylic acids is 1. The Morgan fingerprint density at radius 2 is 2.15 bits per heavy atom. The van der Waals surface area contributed by atoms with Gasteiger partial charge in [0.25, 0.3) is 0 Å². The number of ketones is 1. The Hall–Kier alpha value is -0.440. The lowest BCUT2D eigenvalue weighted by Gasteiger charge is -2.14. The van der Waals surface area contributed by atoms with Gasteiger partial charge in [-0.2, -0.15) is 0 Å². The molecule has 1 fully saturated rings. The van der Waals surface area contributed by atoms with Crippen molar-refractivity contribution in [2.24, 2.45) is 0 Å². The summed E-state index contributed by atoms with van der Waals surface area (Å²) < 4.78 is 0. The van der Waals surface area contributed by atoms with Gasteiger partial charge in [-0.15, -0.1) is 11.8 Å². The molecule has 1 aliphatic heterocycles. The van der Waals surface area contributed by atoms with Gasteiger partial charge in [-0.25, -0.2) is 0 Å². The van der Waals surface area contributed by atoms with E-state index in [0.717, 1.165) is 17.3 Å². The molecule has 76 valence electrons. The fraction of sp³-hybridized carbons (Fsp3) is 0.700. The van der Waals surface area contributed by atoms with Crippen LogP contribution in [0.1, 0.15) is 27.2 Å². The van der Waals surface area contributed by atoms with E-state index in [1.165, 1.54) is 6.42 Å². The third kappa shape index (κ3) is 5.75. The predicted octanol–water partition coefficient (Wildman–Crippen LogP) is 2.51. The Morgan fingerprint density at radius 3 is 2.46 bits per heavy atom. The van der Waals surface area contributed by atoms with E-state index in [1.807, 2.05) is 4.90 Å². The minimum Gasteiger partial charge on any atom is -0.359 e. The van der Waals surface area contributed by atoms with Gasteiger partial charge in [0.1, 0.15) is 5.78 Å². The summed E-state index contributed by atoms with van der Waals surface area (Å²) in [6, 6.07) is 0. The summed E-state index contributed by atoms with van der Waals surface area (Å²) in [5, 5.41) is 1.04. The van der Waals surface area contributed by atoms with Crippen LogP contribution in [-0.4, -0.2) is 29.5 Å². The molecule has 1 saturated heterocycles. The summed E-state index contributed by atoms with van der Waals surface area (Å²) >= 11 is 1.73. The molecule has 0 aromatic carbocycles. The van der Waals surface area contributed by atoms with Crippen molar-refractivity contribution in [3.63, 3.8) is 0 Å². The van der Waals surface area contributed by atoms with E-state index in [1.54, 1.807) is 18.7 Å². The quantitative estimate of drug-likeness (QED) is 0.684. The van der Waals surface area contributed by atoms with Crippen LogP contribution in [0.25, 0.3) is 0 Å². The maximum absolute atomic E-state index is 10.7. The number of Topliss-reactive ketones (excluding diaryl/α,β-unsaturated/α-hetero) is 1. The highest BCUT2D eigenvalue weighted by molar-refractivity contribution is 8.03. The third-order valence-electron chi connectivity index (χ3n) is 1.40. The van der Waals surface area contributed by atoms with Crippen molar-refractivity contribution in [3.05, 3.63) is 11.6 Å². The highest BCUT2D eigenvalue weighted by Crippen LogP contribution is 2.24. The average molecular weight is 201 g/mol. The van der Waals surface area contributed by atoms with Gasteiger partial charge in [0, 0.05) is 12.3 Å². The molecule has 1 aliphatic rings. The highest BCUT2D eigenvalue weighted by Gasteiger charge is 2.15. The molecule has 0 saturated carbocycles. The van der Waals surface area contributed by atoms with Crippen LogP contribution < -0.4 is 0 Å². The largest absolute Gasteiger partial charge is 0.359 e. The summed E-state index contributed by atoms with van der Waals surface area (Å²) in [5.41, 5.74) is 0. The van der Waals surface area contributed by atoms with Crippen LogP contribution in [0.3, 0.4) is 0 Å². The Bertz CT molecular complexity index is 180. The summed E-state index contributed by atoms with van der Waals surface area (Å²) in [4.78, 5) is 12.7. The molecule has 0 aliphatic carbocycles. The molecule has 2 nitrogen and oxygen atoms in total. The lowest BCUT2D eigenvalue weighted by atomic mass is 10.4. The fourth-order valence-electron chi connectivity index (χ4n) is 0.926.